The van der Waals surface area contributed by atoms with Crippen LogP contribution in [-0.2, 0) is 19.1 Å². The number of fused-ring (bicyclic) bond motifs is 1. The number of amides is 2. The third-order valence-electron chi connectivity index (χ3n) is 6.53. The number of carbonyl (C=O) groups excluding carboxylic acids is 3. The summed E-state index contributed by atoms with van der Waals surface area (Å²) >= 11 is 0. The van der Waals surface area contributed by atoms with E-state index in [1.54, 1.807) is 24.3 Å². The molecular weight excluding hydrogens is 384 g/mol. The maximum Gasteiger partial charge on any atom is 0.310 e. The highest BCUT2D eigenvalue weighted by molar-refractivity contribution is 5.99. The average molecular weight is 417 g/mol. The highest BCUT2D eigenvalue weighted by Gasteiger charge is 2.33. The number of rotatable bonds is 7. The average Bonchev–Trinajstić information content (AvgIpc) is 2.73. The number of nitrogens with one attached hydrogen (secondary N) is 2. The smallest absolute Gasteiger partial charge is 0.310 e. The van der Waals surface area contributed by atoms with Crippen LogP contribution in [0, 0.1) is 11.3 Å². The van der Waals surface area contributed by atoms with E-state index in [-0.39, 0.29) is 25.0 Å². The summed E-state index contributed by atoms with van der Waals surface area (Å²) in [5.41, 5.74) is 0.905. The van der Waals surface area contributed by atoms with Gasteiger partial charge in [0.15, 0.2) is 12.7 Å². The maximum absolute atomic E-state index is 12.2. The summed E-state index contributed by atoms with van der Waals surface area (Å²) in [6.45, 7) is 6.50. The van der Waals surface area contributed by atoms with Crippen LogP contribution >= 0.6 is 0 Å². The van der Waals surface area contributed by atoms with Crippen LogP contribution in [0.1, 0.15) is 59.3 Å². The predicted molar refractivity (Wildman–Crippen MR) is 113 cm³/mol. The van der Waals surface area contributed by atoms with E-state index in [9.17, 15) is 14.4 Å². The fourth-order valence-corrected chi connectivity index (χ4v) is 4.16. The Balaban J connectivity index is 1.38. The van der Waals surface area contributed by atoms with Gasteiger partial charge in [-0.05, 0) is 49.1 Å². The molecule has 0 unspecified atom stereocenters. The van der Waals surface area contributed by atoms with Crippen LogP contribution in [0.15, 0.2) is 24.3 Å². The number of anilines is 1. The van der Waals surface area contributed by atoms with Crippen LogP contribution in [0.5, 0.6) is 5.75 Å². The first kappa shape index (κ1) is 22.1. The number of ether oxygens (including phenoxy) is 2. The van der Waals surface area contributed by atoms with Crippen molar-refractivity contribution in [1.29, 1.82) is 0 Å². The van der Waals surface area contributed by atoms with E-state index < -0.39 is 18.0 Å². The van der Waals surface area contributed by atoms with Gasteiger partial charge in [-0.25, -0.2) is 0 Å². The number of esters is 1. The molecule has 7 nitrogen and oxygen atoms in total. The lowest BCUT2D eigenvalue weighted by Crippen LogP contribution is -2.42. The van der Waals surface area contributed by atoms with E-state index in [1.165, 1.54) is 0 Å². The highest BCUT2D eigenvalue weighted by Crippen LogP contribution is 2.40. The van der Waals surface area contributed by atoms with Crippen LogP contribution in [0.25, 0.3) is 0 Å². The molecule has 1 heterocycles. The van der Waals surface area contributed by atoms with Crippen molar-refractivity contribution < 1.29 is 23.9 Å². The van der Waals surface area contributed by atoms with Gasteiger partial charge < -0.3 is 20.1 Å². The first-order chi connectivity index (χ1) is 14.3. The van der Waals surface area contributed by atoms with Crippen molar-refractivity contribution in [2.24, 2.45) is 11.3 Å². The molecule has 2 aliphatic rings. The van der Waals surface area contributed by atoms with Gasteiger partial charge >= 0.3 is 5.97 Å². The Hall–Kier alpha value is -2.57. The molecule has 1 aliphatic carbocycles. The molecule has 1 aromatic rings. The van der Waals surface area contributed by atoms with Gasteiger partial charge in [-0.2, -0.15) is 0 Å². The summed E-state index contributed by atoms with van der Waals surface area (Å²) in [7, 11) is 0. The number of para-hydroxylation sites is 2. The molecule has 0 spiro atoms. The van der Waals surface area contributed by atoms with Crippen LogP contribution in [-0.4, -0.2) is 36.5 Å². The van der Waals surface area contributed by atoms with E-state index in [0.29, 0.717) is 22.8 Å². The van der Waals surface area contributed by atoms with Gasteiger partial charge in [0.25, 0.3) is 11.8 Å². The molecule has 1 aliphatic heterocycles. The highest BCUT2D eigenvalue weighted by atomic mass is 16.5. The van der Waals surface area contributed by atoms with Gasteiger partial charge in [0.05, 0.1) is 12.1 Å². The molecule has 1 saturated carbocycles. The fraction of sp³-hybridized carbons (Fsp3) is 0.609. The quantitative estimate of drug-likeness (QED) is 0.664. The summed E-state index contributed by atoms with van der Waals surface area (Å²) in [6, 6.07) is 7.14. The minimum Gasteiger partial charge on any atom is -0.478 e. The van der Waals surface area contributed by atoms with Crippen LogP contribution < -0.4 is 15.4 Å². The molecule has 3 rings (SSSR count). The zero-order valence-electron chi connectivity index (χ0n) is 18.0. The van der Waals surface area contributed by atoms with E-state index in [4.69, 9.17) is 9.47 Å². The fourth-order valence-electron chi connectivity index (χ4n) is 4.16. The Morgan fingerprint density at radius 3 is 2.60 bits per heavy atom. The molecule has 0 aromatic heterocycles. The van der Waals surface area contributed by atoms with E-state index in [0.717, 1.165) is 32.1 Å². The van der Waals surface area contributed by atoms with Gasteiger partial charge in [0.2, 0.25) is 0 Å². The van der Waals surface area contributed by atoms with Gasteiger partial charge in [-0.3, -0.25) is 14.4 Å². The van der Waals surface area contributed by atoms with Crippen molar-refractivity contribution in [3.8, 4) is 5.75 Å². The van der Waals surface area contributed by atoms with Crippen molar-refractivity contribution in [3.05, 3.63) is 24.3 Å². The molecule has 164 valence electrons. The molecule has 30 heavy (non-hydrogen) atoms. The minimum absolute atomic E-state index is 0.129. The van der Waals surface area contributed by atoms with Gasteiger partial charge in [0.1, 0.15) is 5.75 Å². The summed E-state index contributed by atoms with van der Waals surface area (Å²) in [5, 5.41) is 5.66. The van der Waals surface area contributed by atoms with Crippen molar-refractivity contribution in [1.82, 2.24) is 5.32 Å². The number of benzene rings is 1. The molecular formula is C23H32N2O5. The predicted octanol–water partition coefficient (Wildman–Crippen LogP) is 3.43. The number of hydrogen-bond donors (Lipinski definition) is 2. The van der Waals surface area contributed by atoms with Gasteiger partial charge in [0, 0.05) is 6.04 Å². The zero-order chi connectivity index (χ0) is 21.7. The molecule has 7 heteroatoms. The Bertz CT molecular complexity index is 784. The van der Waals surface area contributed by atoms with E-state index in [1.807, 2.05) is 0 Å². The molecule has 2 amide bonds. The van der Waals surface area contributed by atoms with Crippen molar-refractivity contribution in [2.45, 2.75) is 71.4 Å². The first-order valence-electron chi connectivity index (χ1n) is 10.8. The summed E-state index contributed by atoms with van der Waals surface area (Å²) in [6.07, 6.45) is 4.03. The molecule has 0 bridgehead atoms. The van der Waals surface area contributed by atoms with E-state index in [2.05, 4.69) is 31.4 Å². The molecule has 2 N–H and O–H groups in total. The number of carbonyl (C=O) groups is 3. The standard InChI is InChI=1S/C23H32N2O5/c1-4-23(2,3)15-9-11-16(12-10-15)24-20(26)14-29-21(27)13-19-22(28)25-17-7-5-6-8-18(17)30-19/h5-8,15-16,19H,4,9-14H2,1-3H3,(H,24,26)(H,25,28)/t15?,16?,19-/m1/s1. The van der Waals surface area contributed by atoms with Gasteiger partial charge in [-0.15, -0.1) is 0 Å². The third kappa shape index (κ3) is 5.52. The second-order valence-corrected chi connectivity index (χ2v) is 8.91. The number of hydrogen-bond acceptors (Lipinski definition) is 5. The van der Waals surface area contributed by atoms with Crippen LogP contribution in [0.2, 0.25) is 0 Å². The Morgan fingerprint density at radius 2 is 1.90 bits per heavy atom. The Labute approximate surface area is 177 Å². The van der Waals surface area contributed by atoms with E-state index >= 15 is 0 Å². The largest absolute Gasteiger partial charge is 0.478 e. The summed E-state index contributed by atoms with van der Waals surface area (Å²) < 4.78 is 10.6. The van der Waals surface area contributed by atoms with Crippen LogP contribution in [0.3, 0.4) is 0 Å². The SMILES string of the molecule is CCC(C)(C)C1CCC(NC(=O)COC(=O)C[C@H]2Oc3ccccc3NC2=O)CC1. The molecule has 1 aromatic carbocycles. The lowest BCUT2D eigenvalue weighted by atomic mass is 9.69. The summed E-state index contributed by atoms with van der Waals surface area (Å²) in [5.74, 6) is -0.157. The van der Waals surface area contributed by atoms with Crippen molar-refractivity contribution in [2.75, 3.05) is 11.9 Å². The molecule has 0 saturated heterocycles. The minimum atomic E-state index is -0.965. The van der Waals surface area contributed by atoms with Gasteiger partial charge in [-0.1, -0.05) is 39.3 Å². The summed E-state index contributed by atoms with van der Waals surface area (Å²) in [4.78, 5) is 36.4. The van der Waals surface area contributed by atoms with Crippen molar-refractivity contribution >= 4 is 23.5 Å². The normalized spacial score (nSPS) is 23.6. The Morgan fingerprint density at radius 1 is 1.20 bits per heavy atom. The topological polar surface area (TPSA) is 93.7 Å². The lowest BCUT2D eigenvalue weighted by molar-refractivity contribution is -0.151. The first-order valence-corrected chi connectivity index (χ1v) is 10.8. The monoisotopic (exact) mass is 416 g/mol. The van der Waals surface area contributed by atoms with Crippen LogP contribution in [0.4, 0.5) is 5.69 Å². The third-order valence-corrected chi connectivity index (χ3v) is 6.53. The molecule has 1 atom stereocenters. The maximum atomic E-state index is 12.2. The molecule has 1 fully saturated rings. The lowest BCUT2D eigenvalue weighted by Gasteiger charge is -2.39. The van der Waals surface area contributed by atoms with Crippen molar-refractivity contribution in [3.63, 3.8) is 0 Å². The Kier molecular flexibility index (Phi) is 7.00. The second kappa shape index (κ2) is 9.49. The second-order valence-electron chi connectivity index (χ2n) is 8.91. The zero-order valence-corrected chi connectivity index (χ0v) is 18.0. The molecule has 0 radical (unpaired) electrons.